The molecule has 1 aliphatic rings. The van der Waals surface area contributed by atoms with Crippen molar-refractivity contribution in [1.29, 1.82) is 0 Å². The van der Waals surface area contributed by atoms with Crippen molar-refractivity contribution in [2.45, 2.75) is 0 Å². The van der Waals surface area contributed by atoms with Crippen LogP contribution in [0.15, 0.2) is 36.5 Å². The Morgan fingerprint density at radius 2 is 2.00 bits per heavy atom. The molecule has 4 nitrogen and oxygen atoms in total. The quantitative estimate of drug-likeness (QED) is 0.642. The molecule has 0 fully saturated rings. The van der Waals surface area contributed by atoms with Crippen molar-refractivity contribution < 1.29 is 19.0 Å². The van der Waals surface area contributed by atoms with Crippen LogP contribution < -0.4 is 9.47 Å². The van der Waals surface area contributed by atoms with E-state index in [-0.39, 0.29) is 12.4 Å². The van der Waals surface area contributed by atoms with Crippen LogP contribution >= 0.6 is 0 Å². The Bertz CT molecular complexity index is 356. The summed E-state index contributed by atoms with van der Waals surface area (Å²) >= 11 is 0. The lowest BCUT2D eigenvalue weighted by molar-refractivity contribution is -0.128. The molecule has 1 aliphatic heterocycles. The van der Waals surface area contributed by atoms with Crippen molar-refractivity contribution in [2.75, 3.05) is 0 Å². The van der Waals surface area contributed by atoms with E-state index in [0.29, 0.717) is 11.5 Å². The van der Waals surface area contributed by atoms with E-state index in [1.165, 1.54) is 6.26 Å². The molecular weight excluding hydrogens is 172 g/mol. The molecule has 1 heterocycles. The molecule has 0 aliphatic carbocycles. The first-order valence-corrected chi connectivity index (χ1v) is 3.64. The molecule has 0 saturated carbocycles. The first-order chi connectivity index (χ1) is 6.40. The highest BCUT2D eigenvalue weighted by Crippen LogP contribution is 2.31. The second-order valence-electron chi connectivity index (χ2n) is 2.32. The van der Waals surface area contributed by atoms with Gasteiger partial charge in [0.25, 0.3) is 0 Å². The Morgan fingerprint density at radius 1 is 1.23 bits per heavy atom. The summed E-state index contributed by atoms with van der Waals surface area (Å²) in [5, 5.41) is 0. The Balaban J connectivity index is 2.22. The first-order valence-electron chi connectivity index (χ1n) is 3.64. The second kappa shape index (κ2) is 3.18. The van der Waals surface area contributed by atoms with E-state index in [2.05, 4.69) is 4.74 Å². The van der Waals surface area contributed by atoms with Gasteiger partial charge < -0.3 is 14.2 Å². The lowest BCUT2D eigenvalue weighted by Gasteiger charge is -2.15. The summed E-state index contributed by atoms with van der Waals surface area (Å²) in [7, 11) is 0. The molecule has 0 atom stereocenters. The fourth-order valence-corrected chi connectivity index (χ4v) is 0.975. The number of benzene rings is 1. The predicted molar refractivity (Wildman–Crippen MR) is 42.9 cm³/mol. The van der Waals surface area contributed by atoms with Crippen LogP contribution in [0.2, 0.25) is 0 Å². The number of hydrogen-bond acceptors (Lipinski definition) is 4. The molecule has 0 bridgehead atoms. The first kappa shape index (κ1) is 7.67. The Kier molecular flexibility index (Phi) is 1.88. The molecule has 4 heteroatoms. The van der Waals surface area contributed by atoms with Crippen LogP contribution in [0.3, 0.4) is 0 Å². The van der Waals surface area contributed by atoms with Gasteiger partial charge in [0.2, 0.25) is 0 Å². The zero-order valence-corrected chi connectivity index (χ0v) is 6.60. The lowest BCUT2D eigenvalue weighted by atomic mass is 10.3. The zero-order chi connectivity index (χ0) is 9.10. The monoisotopic (exact) mass is 178 g/mol. The van der Waals surface area contributed by atoms with Crippen molar-refractivity contribution in [3.8, 4) is 11.5 Å². The minimum absolute atomic E-state index is 0.0358. The third kappa shape index (κ3) is 1.46. The largest absolute Gasteiger partial charge is 0.454 e. The molecule has 66 valence electrons. The summed E-state index contributed by atoms with van der Waals surface area (Å²) in [6, 6.07) is 7.09. The molecule has 1 aromatic rings. The number of para-hydroxylation sites is 2. The predicted octanol–water partition coefficient (Wildman–Crippen LogP) is 1.43. The number of hydrogen-bond donors (Lipinski definition) is 0. The Hall–Kier alpha value is -1.97. The number of carbonyl (C=O) groups excluding carboxylic acids is 1. The molecule has 0 unspecified atom stereocenters. The summed E-state index contributed by atoms with van der Waals surface area (Å²) in [6.07, 6.45) is 1.23. The lowest BCUT2D eigenvalue weighted by Crippen LogP contribution is -2.07. The molecule has 0 aromatic heterocycles. The molecular formula is C9H6O4. The van der Waals surface area contributed by atoms with Gasteiger partial charge in [-0.3, -0.25) is 4.79 Å². The van der Waals surface area contributed by atoms with E-state index in [9.17, 15) is 4.79 Å². The summed E-state index contributed by atoms with van der Waals surface area (Å²) in [4.78, 5) is 9.99. The topological polar surface area (TPSA) is 44.8 Å². The van der Waals surface area contributed by atoms with Crippen molar-refractivity contribution in [3.63, 3.8) is 0 Å². The van der Waals surface area contributed by atoms with Crippen LogP contribution in [0.25, 0.3) is 0 Å². The minimum Gasteiger partial charge on any atom is -0.454 e. The standard InChI is InChI=1S/C9H6O4/c10-6-12-9-5-11-7-3-1-2-4-8(7)13-9/h1-6H. The van der Waals surface area contributed by atoms with Gasteiger partial charge in [-0.15, -0.1) is 0 Å². The highest BCUT2D eigenvalue weighted by molar-refractivity contribution is 5.44. The smallest absolute Gasteiger partial charge is 0.329 e. The average Bonchev–Trinajstić information content (AvgIpc) is 2.18. The maximum Gasteiger partial charge on any atom is 0.329 e. The van der Waals surface area contributed by atoms with Gasteiger partial charge in [0.05, 0.1) is 0 Å². The fourth-order valence-electron chi connectivity index (χ4n) is 0.975. The van der Waals surface area contributed by atoms with Crippen LogP contribution in [0.1, 0.15) is 0 Å². The number of rotatable bonds is 2. The van der Waals surface area contributed by atoms with Gasteiger partial charge in [0.15, 0.2) is 17.8 Å². The van der Waals surface area contributed by atoms with Crippen molar-refractivity contribution in [2.24, 2.45) is 0 Å². The van der Waals surface area contributed by atoms with E-state index in [1.807, 2.05) is 6.07 Å². The van der Waals surface area contributed by atoms with Gasteiger partial charge in [-0.25, -0.2) is 0 Å². The Labute approximate surface area is 74.3 Å². The van der Waals surface area contributed by atoms with Crippen molar-refractivity contribution >= 4 is 6.47 Å². The second-order valence-corrected chi connectivity index (χ2v) is 2.32. The highest BCUT2D eigenvalue weighted by Gasteiger charge is 2.13. The van der Waals surface area contributed by atoms with Crippen LogP contribution in [0, 0.1) is 0 Å². The molecule has 0 N–H and O–H groups in total. The van der Waals surface area contributed by atoms with Gasteiger partial charge in [0, 0.05) is 0 Å². The zero-order valence-electron chi connectivity index (χ0n) is 6.60. The number of carbonyl (C=O) groups is 1. The Morgan fingerprint density at radius 3 is 2.77 bits per heavy atom. The van der Waals surface area contributed by atoms with E-state index in [1.54, 1.807) is 18.2 Å². The molecule has 0 radical (unpaired) electrons. The van der Waals surface area contributed by atoms with Crippen LogP contribution in [0.5, 0.6) is 11.5 Å². The molecule has 0 amide bonds. The van der Waals surface area contributed by atoms with Gasteiger partial charge in [-0.05, 0) is 12.1 Å². The highest BCUT2D eigenvalue weighted by atomic mass is 16.7. The van der Waals surface area contributed by atoms with Gasteiger partial charge >= 0.3 is 12.4 Å². The van der Waals surface area contributed by atoms with E-state index in [4.69, 9.17) is 9.47 Å². The number of fused-ring (bicyclic) bond motifs is 1. The molecule has 0 spiro atoms. The minimum atomic E-state index is 0.0358. The SMILES string of the molecule is O=COC1=COc2ccccc2O1. The summed E-state index contributed by atoms with van der Waals surface area (Å²) in [5.41, 5.74) is 0. The summed E-state index contributed by atoms with van der Waals surface area (Å²) < 4.78 is 14.7. The van der Waals surface area contributed by atoms with E-state index < -0.39 is 0 Å². The third-order valence-electron chi connectivity index (χ3n) is 1.51. The molecule has 13 heavy (non-hydrogen) atoms. The summed E-state index contributed by atoms with van der Waals surface area (Å²) in [5.74, 6) is 1.16. The van der Waals surface area contributed by atoms with Gasteiger partial charge in [-0.1, -0.05) is 12.1 Å². The number of ether oxygens (including phenoxy) is 3. The van der Waals surface area contributed by atoms with E-state index in [0.717, 1.165) is 0 Å². The molecule has 0 saturated heterocycles. The summed E-state index contributed by atoms with van der Waals surface area (Å²) in [6.45, 7) is 0.281. The van der Waals surface area contributed by atoms with Crippen molar-refractivity contribution in [1.82, 2.24) is 0 Å². The fraction of sp³-hybridized carbons (Fsp3) is 0. The van der Waals surface area contributed by atoms with Gasteiger partial charge in [-0.2, -0.15) is 0 Å². The van der Waals surface area contributed by atoms with E-state index >= 15 is 0 Å². The maximum absolute atomic E-state index is 9.99. The molecule has 1 aromatic carbocycles. The van der Waals surface area contributed by atoms with Crippen LogP contribution in [0.4, 0.5) is 0 Å². The van der Waals surface area contributed by atoms with Crippen molar-refractivity contribution in [3.05, 3.63) is 36.5 Å². The normalized spacial score (nSPS) is 13.1. The maximum atomic E-state index is 9.99. The van der Waals surface area contributed by atoms with Gasteiger partial charge in [0.1, 0.15) is 0 Å². The van der Waals surface area contributed by atoms with Crippen LogP contribution in [-0.2, 0) is 9.53 Å². The molecule has 2 rings (SSSR count). The third-order valence-corrected chi connectivity index (χ3v) is 1.51. The van der Waals surface area contributed by atoms with Crippen LogP contribution in [-0.4, -0.2) is 6.47 Å². The average molecular weight is 178 g/mol.